The summed E-state index contributed by atoms with van der Waals surface area (Å²) >= 11 is 0. The number of ether oxygens (including phenoxy) is 1. The monoisotopic (exact) mass is 560 g/mol. The van der Waals surface area contributed by atoms with E-state index in [0.717, 1.165) is 17.0 Å². The largest absolute Gasteiger partial charge is 0.457 e. The van der Waals surface area contributed by atoms with Crippen LogP contribution < -0.4 is 10.1 Å². The molecule has 1 N–H and O–H groups in total. The summed E-state index contributed by atoms with van der Waals surface area (Å²) in [4.78, 5) is 42.0. The number of anilines is 1. The molecule has 0 aliphatic heterocycles. The second-order valence-electron chi connectivity index (χ2n) is 9.62. The smallest absolute Gasteiger partial charge is 0.293 e. The van der Waals surface area contributed by atoms with Crippen LogP contribution in [-0.2, 0) is 22.4 Å². The van der Waals surface area contributed by atoms with E-state index in [2.05, 4.69) is 10.5 Å². The van der Waals surface area contributed by atoms with Gasteiger partial charge in [0, 0.05) is 30.9 Å². The van der Waals surface area contributed by atoms with Gasteiger partial charge >= 0.3 is 0 Å². The van der Waals surface area contributed by atoms with Gasteiger partial charge < -0.3 is 24.4 Å². The molecule has 1 heterocycles. The van der Waals surface area contributed by atoms with E-state index < -0.39 is 30.0 Å². The van der Waals surface area contributed by atoms with Crippen molar-refractivity contribution < 1.29 is 32.4 Å². The van der Waals surface area contributed by atoms with Gasteiger partial charge in [0.1, 0.15) is 24.6 Å². The Kier molecular flexibility index (Phi) is 8.04. The highest BCUT2D eigenvalue weighted by atomic mass is 19.2. The number of benzene rings is 3. The number of likely N-dealkylation sites (N-methyl/N-ethyl adjacent to an activating group) is 1. The molecule has 1 aliphatic rings. The summed E-state index contributed by atoms with van der Waals surface area (Å²) in [6, 6.07) is 18.7. The van der Waals surface area contributed by atoms with Crippen molar-refractivity contribution in [3.05, 3.63) is 108 Å². The summed E-state index contributed by atoms with van der Waals surface area (Å²) in [7, 11) is 1.69. The average molecular weight is 561 g/mol. The van der Waals surface area contributed by atoms with Crippen LogP contribution in [0.15, 0.2) is 83.5 Å². The molecule has 1 aliphatic carbocycles. The molecule has 3 aromatic carbocycles. The number of amides is 3. The summed E-state index contributed by atoms with van der Waals surface area (Å²) in [5.74, 6) is -3.18. The molecule has 210 valence electrons. The highest BCUT2D eigenvalue weighted by Crippen LogP contribution is 2.26. The van der Waals surface area contributed by atoms with Crippen LogP contribution in [0.4, 0.5) is 14.5 Å². The molecule has 0 bridgehead atoms. The van der Waals surface area contributed by atoms with Crippen LogP contribution in [0.5, 0.6) is 11.5 Å². The molecule has 0 radical (unpaired) electrons. The first-order valence-corrected chi connectivity index (χ1v) is 12.8. The van der Waals surface area contributed by atoms with E-state index in [1.54, 1.807) is 24.1 Å². The van der Waals surface area contributed by atoms with Gasteiger partial charge in [0.05, 0.1) is 6.20 Å². The summed E-state index contributed by atoms with van der Waals surface area (Å²) in [5.41, 5.74) is 2.77. The Morgan fingerprint density at radius 2 is 1.61 bits per heavy atom. The van der Waals surface area contributed by atoms with E-state index in [1.165, 1.54) is 41.6 Å². The lowest BCUT2D eigenvalue weighted by atomic mass is 10.1. The Morgan fingerprint density at radius 3 is 2.24 bits per heavy atom. The lowest BCUT2D eigenvalue weighted by Gasteiger charge is -2.28. The maximum absolute atomic E-state index is 13.4. The second kappa shape index (κ2) is 12.0. The molecule has 4 aromatic rings. The Bertz CT molecular complexity index is 1530. The molecule has 0 saturated heterocycles. The van der Waals surface area contributed by atoms with Gasteiger partial charge in [-0.15, -0.1) is 0 Å². The third kappa shape index (κ3) is 6.57. The van der Waals surface area contributed by atoms with Gasteiger partial charge in [-0.2, -0.15) is 0 Å². The Labute approximate surface area is 234 Å². The zero-order chi connectivity index (χ0) is 28.9. The van der Waals surface area contributed by atoms with Gasteiger partial charge in [0.15, 0.2) is 11.6 Å². The number of rotatable bonds is 9. The number of fused-ring (bicyclic) bond motifs is 1. The normalized spacial score (nSPS) is 12.5. The predicted octanol–water partition coefficient (Wildman–Crippen LogP) is 4.45. The van der Waals surface area contributed by atoms with E-state index in [4.69, 9.17) is 9.26 Å². The molecule has 9 nitrogen and oxygen atoms in total. The first kappa shape index (κ1) is 27.5. The maximum Gasteiger partial charge on any atom is 0.293 e. The van der Waals surface area contributed by atoms with Gasteiger partial charge in [0.25, 0.3) is 5.91 Å². The highest BCUT2D eigenvalue weighted by Gasteiger charge is 2.30. The fourth-order valence-electron chi connectivity index (χ4n) is 4.63. The van der Waals surface area contributed by atoms with Crippen molar-refractivity contribution in [2.45, 2.75) is 18.9 Å². The molecule has 5 rings (SSSR count). The minimum Gasteiger partial charge on any atom is -0.457 e. The van der Waals surface area contributed by atoms with Crippen LogP contribution >= 0.6 is 0 Å². The molecule has 0 spiro atoms. The van der Waals surface area contributed by atoms with Gasteiger partial charge in [-0.25, -0.2) is 8.78 Å². The van der Waals surface area contributed by atoms with Gasteiger partial charge in [-0.3, -0.25) is 14.4 Å². The van der Waals surface area contributed by atoms with Gasteiger partial charge in [-0.05, 0) is 60.4 Å². The first-order chi connectivity index (χ1) is 19.8. The second-order valence-corrected chi connectivity index (χ2v) is 9.62. The maximum atomic E-state index is 13.4. The quantitative estimate of drug-likeness (QED) is 0.324. The number of halogens is 2. The summed E-state index contributed by atoms with van der Waals surface area (Å²) in [5, 5.41) is 6.23. The SMILES string of the molecule is CN(C(=O)CN(CC(=O)Nc1ccc(Oc2ccc(F)c(F)c2)cc1)C(=O)c1ccno1)C1Cc2ccccc2C1. The lowest BCUT2D eigenvalue weighted by Crippen LogP contribution is -2.47. The molecule has 0 saturated carbocycles. The van der Waals surface area contributed by atoms with Crippen molar-refractivity contribution in [2.75, 3.05) is 25.5 Å². The molecule has 11 heteroatoms. The van der Waals surface area contributed by atoms with E-state index in [-0.39, 0.29) is 30.0 Å². The molecule has 3 amide bonds. The predicted molar refractivity (Wildman–Crippen MR) is 144 cm³/mol. The minimum absolute atomic E-state index is 0.0527. The van der Waals surface area contributed by atoms with Gasteiger partial charge in [-0.1, -0.05) is 29.4 Å². The summed E-state index contributed by atoms with van der Waals surface area (Å²) in [6.07, 6.45) is 2.73. The van der Waals surface area contributed by atoms with Crippen molar-refractivity contribution >= 4 is 23.4 Å². The third-order valence-electron chi connectivity index (χ3n) is 6.83. The van der Waals surface area contributed by atoms with Gasteiger partial charge in [0.2, 0.25) is 17.6 Å². The fourth-order valence-corrected chi connectivity index (χ4v) is 4.63. The van der Waals surface area contributed by atoms with E-state index in [1.807, 2.05) is 24.3 Å². The lowest BCUT2D eigenvalue weighted by molar-refractivity contribution is -0.132. The average Bonchev–Trinajstić information content (AvgIpc) is 3.65. The molecular weight excluding hydrogens is 534 g/mol. The van der Waals surface area contributed by atoms with Crippen LogP contribution in [0.2, 0.25) is 0 Å². The third-order valence-corrected chi connectivity index (χ3v) is 6.83. The van der Waals surface area contributed by atoms with Crippen molar-refractivity contribution in [2.24, 2.45) is 0 Å². The zero-order valence-corrected chi connectivity index (χ0v) is 22.1. The van der Waals surface area contributed by atoms with E-state index >= 15 is 0 Å². The van der Waals surface area contributed by atoms with Crippen molar-refractivity contribution in [1.82, 2.24) is 15.0 Å². The summed E-state index contributed by atoms with van der Waals surface area (Å²) in [6.45, 7) is -0.756. The number of hydrogen-bond donors (Lipinski definition) is 1. The number of nitrogens with zero attached hydrogens (tertiary/aromatic N) is 3. The number of aromatic nitrogens is 1. The van der Waals surface area contributed by atoms with Crippen LogP contribution in [0.25, 0.3) is 0 Å². The van der Waals surface area contributed by atoms with Crippen molar-refractivity contribution in [3.8, 4) is 11.5 Å². The zero-order valence-electron chi connectivity index (χ0n) is 22.1. The number of carbonyl (C=O) groups excluding carboxylic acids is 3. The number of carbonyl (C=O) groups is 3. The topological polar surface area (TPSA) is 105 Å². The van der Waals surface area contributed by atoms with Crippen LogP contribution in [0, 0.1) is 11.6 Å². The van der Waals surface area contributed by atoms with Crippen LogP contribution in [0.1, 0.15) is 21.7 Å². The molecule has 41 heavy (non-hydrogen) atoms. The highest BCUT2D eigenvalue weighted by molar-refractivity contribution is 5.99. The Balaban J connectivity index is 1.22. The molecular formula is C30H26F2N4O5. The first-order valence-electron chi connectivity index (χ1n) is 12.8. The molecule has 0 atom stereocenters. The Hall–Kier alpha value is -5.06. The number of hydrogen-bond acceptors (Lipinski definition) is 6. The minimum atomic E-state index is -1.03. The molecule has 0 fully saturated rings. The van der Waals surface area contributed by atoms with Crippen LogP contribution in [-0.4, -0.2) is 58.9 Å². The van der Waals surface area contributed by atoms with E-state index in [9.17, 15) is 23.2 Å². The standard InChI is InChI=1S/C30H26F2N4O5/c1-35(22-14-19-4-2-3-5-20(19)15-22)29(38)18-36(30(39)27-12-13-33-41-27)17-28(37)34-21-6-8-23(9-7-21)40-24-10-11-25(31)26(32)16-24/h2-13,16,22H,14-15,17-18H2,1H3,(H,34,37). The van der Waals surface area contributed by atoms with Crippen molar-refractivity contribution in [3.63, 3.8) is 0 Å². The Morgan fingerprint density at radius 1 is 0.927 bits per heavy atom. The fraction of sp³-hybridized carbons (Fsp3) is 0.200. The molecule has 1 aromatic heterocycles. The van der Waals surface area contributed by atoms with Crippen molar-refractivity contribution in [1.29, 1.82) is 0 Å². The molecule has 0 unspecified atom stereocenters. The summed E-state index contributed by atoms with van der Waals surface area (Å²) < 4.78 is 37.1. The van der Waals surface area contributed by atoms with Crippen LogP contribution in [0.3, 0.4) is 0 Å². The number of nitrogens with one attached hydrogen (secondary N) is 1. The van der Waals surface area contributed by atoms with E-state index in [0.29, 0.717) is 24.3 Å².